The molecule has 0 heterocycles. The van der Waals surface area contributed by atoms with Crippen LogP contribution in [0.4, 0.5) is 0 Å². The van der Waals surface area contributed by atoms with Gasteiger partial charge in [-0.3, -0.25) is 4.79 Å². The third kappa shape index (κ3) is 5.17. The zero-order chi connectivity index (χ0) is 25.3. The van der Waals surface area contributed by atoms with E-state index in [1.54, 1.807) is 0 Å². The lowest BCUT2D eigenvalue weighted by atomic mass is 9.44. The smallest absolute Gasteiger partial charge is 0.191 e. The molecule has 8 unspecified atom stereocenters. The molecule has 0 bridgehead atoms. The molecule has 4 fully saturated rings. The van der Waals surface area contributed by atoms with Gasteiger partial charge >= 0.3 is 0 Å². The summed E-state index contributed by atoms with van der Waals surface area (Å²) < 4.78 is 2.09. The summed E-state index contributed by atoms with van der Waals surface area (Å²) in [6.45, 7) is 17.4. The number of nitrogens with zero attached hydrogens (tertiary/aromatic N) is 1. The number of hydrogen-bond donors (Lipinski definition) is 1. The molecule has 0 radical (unpaired) electrons. The second-order valence-electron chi connectivity index (χ2n) is 13.5. The van der Waals surface area contributed by atoms with E-state index in [4.69, 9.17) is 0 Å². The van der Waals surface area contributed by atoms with Crippen LogP contribution in [0.15, 0.2) is 0 Å². The minimum absolute atomic E-state index is 0.0690. The van der Waals surface area contributed by atoms with Crippen molar-refractivity contribution in [2.24, 2.45) is 51.8 Å². The van der Waals surface area contributed by atoms with Gasteiger partial charge in [0.15, 0.2) is 5.62 Å². The molecule has 0 aromatic carbocycles. The van der Waals surface area contributed by atoms with Crippen LogP contribution in [-0.4, -0.2) is 34.7 Å². The maximum atomic E-state index is 11.4. The van der Waals surface area contributed by atoms with Gasteiger partial charge in [-0.2, -0.15) is 0 Å². The van der Waals surface area contributed by atoms with E-state index in [0.717, 1.165) is 36.3 Å². The predicted molar refractivity (Wildman–Crippen MR) is 147 cm³/mol. The van der Waals surface area contributed by atoms with Crippen LogP contribution in [0.5, 0.6) is 0 Å². The van der Waals surface area contributed by atoms with E-state index >= 15 is 0 Å². The van der Waals surface area contributed by atoms with Gasteiger partial charge in [-0.1, -0.05) is 61.3 Å². The van der Waals surface area contributed by atoms with Crippen molar-refractivity contribution in [1.29, 1.82) is 0 Å². The fourth-order valence-electron chi connectivity index (χ4n) is 9.28. The summed E-state index contributed by atoms with van der Waals surface area (Å²) in [5, 5.41) is 11.4. The van der Waals surface area contributed by atoms with E-state index in [2.05, 4.69) is 38.9 Å². The van der Waals surface area contributed by atoms with Gasteiger partial charge in [-0.25, -0.2) is 4.31 Å². The fourth-order valence-corrected chi connectivity index (χ4v) is 9.74. The van der Waals surface area contributed by atoms with Gasteiger partial charge in [0, 0.05) is 6.54 Å². The summed E-state index contributed by atoms with van der Waals surface area (Å²) in [5.41, 5.74) is 2.06. The van der Waals surface area contributed by atoms with Crippen LogP contribution in [0.1, 0.15) is 113 Å². The highest BCUT2D eigenvalue weighted by Gasteiger charge is 2.62. The third-order valence-corrected chi connectivity index (χ3v) is 12.3. The van der Waals surface area contributed by atoms with Gasteiger partial charge in [0.25, 0.3) is 0 Å². The molecule has 198 valence electrons. The molecule has 4 saturated carbocycles. The largest absolute Gasteiger partial charge is 0.393 e. The molecule has 3 nitrogen and oxygen atoms in total. The Labute approximate surface area is 215 Å². The minimum atomic E-state index is -0.0690. The minimum Gasteiger partial charge on any atom is -0.393 e. The van der Waals surface area contributed by atoms with Crippen molar-refractivity contribution in [2.75, 3.05) is 13.6 Å². The molecule has 0 spiro atoms. The molecule has 0 saturated heterocycles. The van der Waals surface area contributed by atoms with E-state index in [-0.39, 0.29) is 11.5 Å². The van der Waals surface area contributed by atoms with Gasteiger partial charge < -0.3 is 5.11 Å². The third-order valence-electron chi connectivity index (χ3n) is 11.7. The molecule has 4 heteroatoms. The average molecular weight is 494 g/mol. The summed E-state index contributed by atoms with van der Waals surface area (Å²) in [6.07, 6.45) is 13.2. The molecule has 9 atom stereocenters. The Morgan fingerprint density at radius 1 is 1.06 bits per heavy atom. The van der Waals surface area contributed by atoms with Crippen molar-refractivity contribution >= 4 is 17.6 Å². The Balaban J connectivity index is 0.00000158. The molecule has 0 aromatic heterocycles. The van der Waals surface area contributed by atoms with Crippen LogP contribution < -0.4 is 0 Å². The standard InChI is InChI=1S/C28H49NO2S.C2H6/c1-19(17-29(6)32-18-30)26(2,3)16-21-10-11-22-25-23(12-14-28(21,22)5)27(4)13-8-7-9-20(27)15-24(25)31;1-2/h18-25,31H,7-17H2,1-6H3;1-2H3/t19?,20?,21?,22?,23?,24-,25?,27?,28?;/m1./s1. The summed E-state index contributed by atoms with van der Waals surface area (Å²) in [6, 6.07) is 0. The summed E-state index contributed by atoms with van der Waals surface area (Å²) >= 11 is 1.28. The first-order valence-electron chi connectivity index (χ1n) is 14.5. The lowest BCUT2D eigenvalue weighted by molar-refractivity contribution is -0.163. The Morgan fingerprint density at radius 3 is 2.41 bits per heavy atom. The van der Waals surface area contributed by atoms with Gasteiger partial charge in [0.05, 0.1) is 6.10 Å². The van der Waals surface area contributed by atoms with Gasteiger partial charge in [-0.15, -0.1) is 0 Å². The van der Waals surface area contributed by atoms with Crippen LogP contribution in [0.2, 0.25) is 0 Å². The molecule has 4 aliphatic carbocycles. The number of hydrogen-bond acceptors (Lipinski definition) is 4. The number of carbonyl (C=O) groups is 1. The first-order valence-corrected chi connectivity index (χ1v) is 15.4. The van der Waals surface area contributed by atoms with Crippen molar-refractivity contribution in [3.8, 4) is 0 Å². The zero-order valence-electron chi connectivity index (χ0n) is 23.6. The van der Waals surface area contributed by atoms with Gasteiger partial charge in [-0.05, 0) is 122 Å². The van der Waals surface area contributed by atoms with Crippen molar-refractivity contribution < 1.29 is 9.90 Å². The fraction of sp³-hybridized carbons (Fsp3) is 0.967. The average Bonchev–Trinajstić information content (AvgIpc) is 3.11. The highest BCUT2D eigenvalue weighted by Crippen LogP contribution is 2.68. The first-order chi connectivity index (χ1) is 16.0. The predicted octanol–water partition coefficient (Wildman–Crippen LogP) is 7.86. The topological polar surface area (TPSA) is 40.5 Å². The van der Waals surface area contributed by atoms with Crippen molar-refractivity contribution in [3.63, 3.8) is 0 Å². The second-order valence-corrected chi connectivity index (χ2v) is 14.5. The number of aliphatic hydroxyl groups is 1. The quantitative estimate of drug-likeness (QED) is 0.289. The lowest BCUT2D eigenvalue weighted by Crippen LogP contribution is -2.57. The molecular weight excluding hydrogens is 438 g/mol. The second kappa shape index (κ2) is 11.1. The number of rotatable bonds is 7. The van der Waals surface area contributed by atoms with Crippen LogP contribution in [0.3, 0.4) is 0 Å². The van der Waals surface area contributed by atoms with Crippen LogP contribution in [-0.2, 0) is 4.79 Å². The molecule has 0 aliphatic heterocycles. The van der Waals surface area contributed by atoms with E-state index < -0.39 is 0 Å². The van der Waals surface area contributed by atoms with Crippen molar-refractivity contribution in [3.05, 3.63) is 0 Å². The Kier molecular flexibility index (Phi) is 9.34. The van der Waals surface area contributed by atoms with E-state index in [1.165, 1.54) is 69.7 Å². The van der Waals surface area contributed by atoms with Crippen LogP contribution >= 0.6 is 11.9 Å². The molecule has 4 rings (SSSR count). The Hall–Kier alpha value is -0.0600. The number of carbonyl (C=O) groups excluding carboxylic acids is 1. The maximum Gasteiger partial charge on any atom is 0.191 e. The molecule has 1 N–H and O–H groups in total. The van der Waals surface area contributed by atoms with E-state index in [9.17, 15) is 9.90 Å². The Morgan fingerprint density at radius 2 is 1.74 bits per heavy atom. The first kappa shape index (κ1) is 28.5. The number of aliphatic hydroxyl groups excluding tert-OH is 1. The molecule has 4 aliphatic rings. The maximum absolute atomic E-state index is 11.4. The highest BCUT2D eigenvalue weighted by atomic mass is 32.2. The molecule has 34 heavy (non-hydrogen) atoms. The summed E-state index contributed by atoms with van der Waals surface area (Å²) in [5.74, 6) is 4.05. The normalized spacial score (nSPS) is 42.6. The van der Waals surface area contributed by atoms with Crippen molar-refractivity contribution in [2.45, 2.75) is 119 Å². The summed E-state index contributed by atoms with van der Waals surface area (Å²) in [7, 11) is 2.03. The SMILES string of the molecule is CC.CC(CN(C)SC=O)C(C)(C)CC1CCC2C3C(CCC12C)C1(C)CCCCC1C[C@H]3O. The van der Waals surface area contributed by atoms with E-state index in [1.807, 2.05) is 20.9 Å². The number of fused-ring (bicyclic) bond motifs is 5. The summed E-state index contributed by atoms with van der Waals surface area (Å²) in [4.78, 5) is 10.9. The molecule has 0 amide bonds. The van der Waals surface area contributed by atoms with Crippen molar-refractivity contribution in [1.82, 2.24) is 4.31 Å². The molecule has 0 aromatic rings. The Bertz CT molecular complexity index is 683. The zero-order valence-corrected chi connectivity index (χ0v) is 24.4. The monoisotopic (exact) mass is 493 g/mol. The van der Waals surface area contributed by atoms with Gasteiger partial charge in [0.1, 0.15) is 0 Å². The molecular formula is C30H55NO2S. The van der Waals surface area contributed by atoms with Crippen LogP contribution in [0.25, 0.3) is 0 Å². The van der Waals surface area contributed by atoms with E-state index in [0.29, 0.717) is 28.6 Å². The van der Waals surface area contributed by atoms with Crippen LogP contribution in [0, 0.1) is 51.8 Å². The lowest BCUT2D eigenvalue weighted by Gasteiger charge is -2.62. The van der Waals surface area contributed by atoms with Gasteiger partial charge in [0.2, 0.25) is 0 Å². The highest BCUT2D eigenvalue weighted by molar-refractivity contribution is 8.09.